The lowest BCUT2D eigenvalue weighted by atomic mass is 9.96. The van der Waals surface area contributed by atoms with E-state index < -0.39 is 0 Å². The Labute approximate surface area is 197 Å². The summed E-state index contributed by atoms with van der Waals surface area (Å²) in [6.45, 7) is 2.05. The van der Waals surface area contributed by atoms with Crippen molar-refractivity contribution >= 4 is 28.4 Å². The summed E-state index contributed by atoms with van der Waals surface area (Å²) in [7, 11) is 2.03. The van der Waals surface area contributed by atoms with Gasteiger partial charge in [-0.3, -0.25) is 9.59 Å². The predicted octanol–water partition coefficient (Wildman–Crippen LogP) is 2.80. The Morgan fingerprint density at radius 2 is 1.97 bits per heavy atom. The number of rotatable bonds is 5. The molecule has 0 bridgehead atoms. The van der Waals surface area contributed by atoms with E-state index in [-0.39, 0.29) is 24.5 Å². The fourth-order valence-corrected chi connectivity index (χ4v) is 5.42. The van der Waals surface area contributed by atoms with Gasteiger partial charge in [0.25, 0.3) is 5.91 Å². The highest BCUT2D eigenvalue weighted by atomic mass is 16.2. The minimum Gasteiger partial charge on any atom is -0.353 e. The number of hydrogen-bond acceptors (Lipinski definition) is 4. The van der Waals surface area contributed by atoms with Gasteiger partial charge in [-0.15, -0.1) is 0 Å². The van der Waals surface area contributed by atoms with Crippen LogP contribution in [0.2, 0.25) is 0 Å². The van der Waals surface area contributed by atoms with E-state index in [4.69, 9.17) is 0 Å². The first-order valence-corrected chi connectivity index (χ1v) is 11.6. The zero-order valence-corrected chi connectivity index (χ0v) is 19.0. The number of fused-ring (bicyclic) bond motifs is 6. The molecule has 0 aliphatic carbocycles. The first-order chi connectivity index (χ1) is 16.6. The Kier molecular flexibility index (Phi) is 4.86. The Hall–Kier alpha value is -4.07. The molecule has 2 aliphatic heterocycles. The number of anilines is 1. The standard InChI is InChI=1S/C26H26N6O2/c1-29-21-8-4-3-7-20(21)26(34)31-13-10-19-18-6-2-5-9-22(18)32(24(19)25(29)31)16-23(33)28-12-15-30-14-11-27-17-30/h2-9,11,14,17,25H,10,12-13,15-16H2,1H3,(H,28,33)/t25-/m1/s1. The van der Waals surface area contributed by atoms with Crippen LogP contribution in [-0.4, -0.2) is 51.0 Å². The summed E-state index contributed by atoms with van der Waals surface area (Å²) >= 11 is 0. The molecule has 0 unspecified atom stereocenters. The third kappa shape index (κ3) is 3.17. The molecule has 1 N–H and O–H groups in total. The second-order valence-electron chi connectivity index (χ2n) is 8.87. The van der Waals surface area contributed by atoms with Gasteiger partial charge in [0.05, 0.1) is 23.3 Å². The van der Waals surface area contributed by atoms with Crippen molar-refractivity contribution in [1.29, 1.82) is 0 Å². The molecule has 2 aromatic heterocycles. The average molecular weight is 455 g/mol. The van der Waals surface area contributed by atoms with Gasteiger partial charge in [-0.05, 0) is 30.2 Å². The highest BCUT2D eigenvalue weighted by molar-refractivity contribution is 6.02. The van der Waals surface area contributed by atoms with E-state index in [1.165, 1.54) is 5.56 Å². The lowest BCUT2D eigenvalue weighted by Gasteiger charge is -2.46. The SMILES string of the molecule is CN1c2ccccc2C(=O)N2CCc3c(n(CC(=O)NCCn4ccnc4)c4ccccc34)[C@@H]21. The van der Waals surface area contributed by atoms with Crippen LogP contribution in [0.25, 0.3) is 10.9 Å². The number of para-hydroxylation sites is 2. The lowest BCUT2D eigenvalue weighted by Crippen LogP contribution is -2.51. The number of nitrogens with one attached hydrogen (secondary N) is 1. The summed E-state index contributed by atoms with van der Waals surface area (Å²) < 4.78 is 4.04. The van der Waals surface area contributed by atoms with Crippen LogP contribution in [-0.2, 0) is 24.3 Å². The Balaban J connectivity index is 1.38. The zero-order valence-electron chi connectivity index (χ0n) is 19.0. The van der Waals surface area contributed by atoms with E-state index in [1.54, 1.807) is 12.5 Å². The molecule has 0 saturated heterocycles. The van der Waals surface area contributed by atoms with Crippen molar-refractivity contribution in [3.05, 3.63) is 84.1 Å². The number of carbonyl (C=O) groups excluding carboxylic acids is 2. The van der Waals surface area contributed by atoms with Crippen molar-refractivity contribution in [2.24, 2.45) is 0 Å². The molecule has 1 atom stereocenters. The molecule has 0 fully saturated rings. The lowest BCUT2D eigenvalue weighted by molar-refractivity contribution is -0.121. The van der Waals surface area contributed by atoms with Gasteiger partial charge in [0.1, 0.15) is 12.7 Å². The first-order valence-electron chi connectivity index (χ1n) is 11.6. The molecular weight excluding hydrogens is 428 g/mol. The summed E-state index contributed by atoms with van der Waals surface area (Å²) in [6, 6.07) is 16.0. The molecule has 8 heteroatoms. The molecule has 2 aliphatic rings. The molecule has 4 aromatic rings. The number of benzene rings is 2. The largest absolute Gasteiger partial charge is 0.353 e. The van der Waals surface area contributed by atoms with Crippen LogP contribution in [0.3, 0.4) is 0 Å². The number of amides is 2. The van der Waals surface area contributed by atoms with Gasteiger partial charge in [-0.2, -0.15) is 0 Å². The smallest absolute Gasteiger partial charge is 0.257 e. The fourth-order valence-electron chi connectivity index (χ4n) is 5.42. The Bertz CT molecular complexity index is 1390. The summed E-state index contributed by atoms with van der Waals surface area (Å²) in [5.74, 6) is -0.00285. The molecule has 8 nitrogen and oxygen atoms in total. The average Bonchev–Trinajstić information content (AvgIpc) is 3.49. The molecule has 0 saturated carbocycles. The van der Waals surface area contributed by atoms with Crippen LogP contribution < -0.4 is 10.2 Å². The highest BCUT2D eigenvalue weighted by Crippen LogP contribution is 2.44. The molecule has 34 heavy (non-hydrogen) atoms. The fraction of sp³-hybridized carbons (Fsp3) is 0.269. The van der Waals surface area contributed by atoms with Gasteiger partial charge in [0.15, 0.2) is 0 Å². The van der Waals surface area contributed by atoms with Crippen molar-refractivity contribution in [1.82, 2.24) is 24.3 Å². The molecule has 4 heterocycles. The maximum absolute atomic E-state index is 13.4. The minimum absolute atomic E-state index is 0.0472. The Morgan fingerprint density at radius 3 is 2.82 bits per heavy atom. The molecular formula is C26H26N6O2. The second-order valence-corrected chi connectivity index (χ2v) is 8.87. The van der Waals surface area contributed by atoms with Gasteiger partial charge in [-0.25, -0.2) is 4.98 Å². The third-order valence-corrected chi connectivity index (χ3v) is 6.96. The van der Waals surface area contributed by atoms with E-state index in [0.717, 1.165) is 34.3 Å². The number of carbonyl (C=O) groups is 2. The summed E-state index contributed by atoms with van der Waals surface area (Å²) in [5.41, 5.74) is 4.93. The highest BCUT2D eigenvalue weighted by Gasteiger charge is 2.42. The van der Waals surface area contributed by atoms with Crippen molar-refractivity contribution < 1.29 is 9.59 Å². The van der Waals surface area contributed by atoms with E-state index >= 15 is 0 Å². The van der Waals surface area contributed by atoms with Crippen LogP contribution in [0.4, 0.5) is 5.69 Å². The number of hydrogen-bond donors (Lipinski definition) is 1. The summed E-state index contributed by atoms with van der Waals surface area (Å²) in [4.78, 5) is 34.6. The van der Waals surface area contributed by atoms with Crippen LogP contribution in [0.15, 0.2) is 67.3 Å². The van der Waals surface area contributed by atoms with Crippen molar-refractivity contribution in [2.45, 2.75) is 25.7 Å². The van der Waals surface area contributed by atoms with Gasteiger partial charge >= 0.3 is 0 Å². The van der Waals surface area contributed by atoms with Gasteiger partial charge in [-0.1, -0.05) is 30.3 Å². The molecule has 0 spiro atoms. The predicted molar refractivity (Wildman–Crippen MR) is 130 cm³/mol. The second kappa shape index (κ2) is 8.06. The van der Waals surface area contributed by atoms with Crippen LogP contribution in [0.5, 0.6) is 0 Å². The topological polar surface area (TPSA) is 75.4 Å². The quantitative estimate of drug-likeness (QED) is 0.503. The maximum Gasteiger partial charge on any atom is 0.257 e. The summed E-state index contributed by atoms with van der Waals surface area (Å²) in [6.07, 6.45) is 5.86. The summed E-state index contributed by atoms with van der Waals surface area (Å²) in [5, 5.41) is 4.19. The molecule has 0 radical (unpaired) electrons. The zero-order chi connectivity index (χ0) is 23.2. The minimum atomic E-state index is -0.253. The van der Waals surface area contributed by atoms with E-state index in [1.807, 2.05) is 59.1 Å². The third-order valence-electron chi connectivity index (χ3n) is 6.96. The number of aromatic nitrogens is 3. The maximum atomic E-state index is 13.4. The molecule has 2 amide bonds. The molecule has 2 aromatic carbocycles. The first kappa shape index (κ1) is 20.5. The van der Waals surface area contributed by atoms with Crippen molar-refractivity contribution in [2.75, 3.05) is 25.0 Å². The normalized spacial score (nSPS) is 16.9. The van der Waals surface area contributed by atoms with E-state index in [9.17, 15) is 9.59 Å². The van der Waals surface area contributed by atoms with E-state index in [2.05, 4.69) is 31.9 Å². The van der Waals surface area contributed by atoms with Crippen LogP contribution in [0, 0.1) is 0 Å². The number of nitrogens with zero attached hydrogens (tertiary/aromatic N) is 5. The van der Waals surface area contributed by atoms with Crippen LogP contribution >= 0.6 is 0 Å². The van der Waals surface area contributed by atoms with Crippen molar-refractivity contribution in [3.63, 3.8) is 0 Å². The van der Waals surface area contributed by atoms with Gasteiger partial charge in [0.2, 0.25) is 5.91 Å². The van der Waals surface area contributed by atoms with Crippen LogP contribution in [0.1, 0.15) is 27.8 Å². The molecule has 172 valence electrons. The van der Waals surface area contributed by atoms with E-state index in [0.29, 0.717) is 19.6 Å². The number of imidazole rings is 1. The van der Waals surface area contributed by atoms with Crippen molar-refractivity contribution in [3.8, 4) is 0 Å². The van der Waals surface area contributed by atoms with Gasteiger partial charge in [0, 0.05) is 50.0 Å². The Morgan fingerprint density at radius 1 is 1.15 bits per heavy atom. The van der Waals surface area contributed by atoms with Gasteiger partial charge < -0.3 is 24.3 Å². The monoisotopic (exact) mass is 454 g/mol. The molecule has 6 rings (SSSR count).